The number of carboxylic acid groups (broad SMARTS) is 1. The molecule has 6 nitrogen and oxygen atoms in total. The highest BCUT2D eigenvalue weighted by Gasteiger charge is 2.54. The largest absolute Gasteiger partial charge is 0.487 e. The van der Waals surface area contributed by atoms with Crippen LogP contribution in [0.2, 0.25) is 0 Å². The Kier molecular flexibility index (Phi) is 5.21. The second kappa shape index (κ2) is 8.20. The van der Waals surface area contributed by atoms with Gasteiger partial charge in [-0.3, -0.25) is 4.90 Å². The van der Waals surface area contributed by atoms with Crippen molar-refractivity contribution >= 4 is 11.7 Å². The van der Waals surface area contributed by atoms with Crippen LogP contribution in [0.4, 0.5) is 0 Å². The molecule has 6 aliphatic rings. The second-order valence-electron chi connectivity index (χ2n) is 13.1. The van der Waals surface area contributed by atoms with E-state index in [2.05, 4.69) is 36.0 Å². The first-order valence-corrected chi connectivity index (χ1v) is 14.2. The van der Waals surface area contributed by atoms with Crippen LogP contribution in [0.25, 0.3) is 0 Å². The Labute approximate surface area is 219 Å². The normalized spacial score (nSPS) is 28.8. The van der Waals surface area contributed by atoms with Crippen molar-refractivity contribution in [2.45, 2.75) is 101 Å². The van der Waals surface area contributed by atoms with Crippen molar-refractivity contribution in [3.05, 3.63) is 52.6 Å². The van der Waals surface area contributed by atoms with Crippen LogP contribution in [-0.2, 0) is 21.6 Å². The minimum atomic E-state index is -0.866. The molecule has 6 heteroatoms. The lowest BCUT2D eigenvalue weighted by Gasteiger charge is -2.40. The zero-order chi connectivity index (χ0) is 25.4. The number of carboxylic acids is 1. The van der Waals surface area contributed by atoms with Gasteiger partial charge in [0.25, 0.3) is 0 Å². The van der Waals surface area contributed by atoms with E-state index in [9.17, 15) is 9.90 Å². The summed E-state index contributed by atoms with van der Waals surface area (Å²) in [6.45, 7) is 7.54. The van der Waals surface area contributed by atoms with E-state index in [-0.39, 0.29) is 17.1 Å². The van der Waals surface area contributed by atoms with Crippen molar-refractivity contribution in [1.82, 2.24) is 4.90 Å². The van der Waals surface area contributed by atoms with Crippen LogP contribution in [0.15, 0.2) is 41.1 Å². The molecule has 1 saturated heterocycles. The standard InChI is InChI=1S/C31H38N2O4/c1-29(2)19-30(9-10-30)25-16-20(15-24(21-3-4-21)27(25)36-29)18-33-13-11-31(12-14-33)17-26(32-37-31)22-5-7-23(8-6-22)28(34)35/h5,7-8,15-16,21-22H,3-4,6,9-14,17-19H2,1-2H3,(H,34,35). The summed E-state index contributed by atoms with van der Waals surface area (Å²) in [4.78, 5) is 19.9. The molecule has 3 aliphatic heterocycles. The van der Waals surface area contributed by atoms with Crippen LogP contribution in [0, 0.1) is 5.92 Å². The molecule has 1 aromatic carbocycles. The van der Waals surface area contributed by atoms with Gasteiger partial charge in [-0.15, -0.1) is 0 Å². The number of ether oxygens (including phenoxy) is 1. The van der Waals surface area contributed by atoms with E-state index in [1.165, 1.54) is 48.1 Å². The van der Waals surface area contributed by atoms with Crippen LogP contribution in [-0.4, -0.2) is 46.0 Å². The Hall–Kier alpha value is -2.60. The number of carbonyl (C=O) groups is 1. The van der Waals surface area contributed by atoms with Crippen LogP contribution in [0.1, 0.15) is 94.2 Å². The number of rotatable bonds is 5. The lowest BCUT2D eigenvalue weighted by atomic mass is 9.79. The molecule has 1 aromatic rings. The van der Waals surface area contributed by atoms with Gasteiger partial charge in [0.05, 0.1) is 11.3 Å². The van der Waals surface area contributed by atoms with E-state index in [4.69, 9.17) is 9.57 Å². The van der Waals surface area contributed by atoms with Gasteiger partial charge < -0.3 is 14.7 Å². The highest BCUT2D eigenvalue weighted by atomic mass is 16.7. The lowest BCUT2D eigenvalue weighted by molar-refractivity contribution is -0.132. The fraction of sp³-hybridized carbons (Fsp3) is 0.613. The molecule has 2 saturated carbocycles. The Morgan fingerprint density at radius 2 is 1.95 bits per heavy atom. The van der Waals surface area contributed by atoms with Gasteiger partial charge in [0.1, 0.15) is 17.0 Å². The third-order valence-corrected chi connectivity index (χ3v) is 9.57. The maximum Gasteiger partial charge on any atom is 0.335 e. The van der Waals surface area contributed by atoms with Crippen LogP contribution < -0.4 is 4.74 Å². The van der Waals surface area contributed by atoms with Crippen LogP contribution in [0.3, 0.4) is 0 Å². The Balaban J connectivity index is 1.02. The summed E-state index contributed by atoms with van der Waals surface area (Å²) in [5, 5.41) is 13.7. The van der Waals surface area contributed by atoms with Crippen molar-refractivity contribution in [3.63, 3.8) is 0 Å². The first-order valence-electron chi connectivity index (χ1n) is 14.2. The van der Waals surface area contributed by atoms with Gasteiger partial charge in [0, 0.05) is 55.8 Å². The van der Waals surface area contributed by atoms with E-state index in [0.717, 1.165) is 51.0 Å². The van der Waals surface area contributed by atoms with Gasteiger partial charge in [0.2, 0.25) is 0 Å². The molecule has 7 rings (SSSR count). The van der Waals surface area contributed by atoms with E-state index in [1.807, 2.05) is 6.08 Å². The van der Waals surface area contributed by atoms with Gasteiger partial charge in [-0.2, -0.15) is 0 Å². The maximum atomic E-state index is 11.2. The Morgan fingerprint density at radius 1 is 1.16 bits per heavy atom. The highest BCUT2D eigenvalue weighted by molar-refractivity contribution is 5.93. The number of nitrogens with zero attached hydrogens (tertiary/aromatic N) is 2. The minimum Gasteiger partial charge on any atom is -0.487 e. The van der Waals surface area contributed by atoms with Gasteiger partial charge in [-0.25, -0.2) is 4.79 Å². The van der Waals surface area contributed by atoms with Crippen molar-refractivity contribution in [3.8, 4) is 5.75 Å². The van der Waals surface area contributed by atoms with Gasteiger partial charge in [-0.05, 0) is 69.4 Å². The van der Waals surface area contributed by atoms with E-state index in [0.29, 0.717) is 23.3 Å². The zero-order valence-corrected chi connectivity index (χ0v) is 22.1. The molecule has 3 heterocycles. The van der Waals surface area contributed by atoms with E-state index in [1.54, 1.807) is 12.2 Å². The van der Waals surface area contributed by atoms with Gasteiger partial charge >= 0.3 is 5.97 Å². The molecule has 3 aliphatic carbocycles. The minimum absolute atomic E-state index is 0.0691. The predicted octanol–water partition coefficient (Wildman–Crippen LogP) is 5.85. The number of piperidine rings is 1. The quantitative estimate of drug-likeness (QED) is 0.547. The summed E-state index contributed by atoms with van der Waals surface area (Å²) in [6.07, 6.45) is 15.3. The number of allylic oxidation sites excluding steroid dienone is 2. The SMILES string of the molecule is CC1(C)CC2(CC2)c2cc(CN3CCC4(CC3)CC(C3C=CC(C(=O)O)=CC3)=NO4)cc(C3CC3)c2O1. The number of benzene rings is 1. The average Bonchev–Trinajstić information content (AvgIpc) is 3.80. The fourth-order valence-electron chi connectivity index (χ4n) is 7.25. The van der Waals surface area contributed by atoms with E-state index < -0.39 is 5.97 Å². The average molecular weight is 503 g/mol. The van der Waals surface area contributed by atoms with Crippen LogP contribution in [0.5, 0.6) is 5.75 Å². The highest BCUT2D eigenvalue weighted by Crippen LogP contribution is 2.62. The topological polar surface area (TPSA) is 71.4 Å². The Bertz CT molecular complexity index is 1230. The smallest absolute Gasteiger partial charge is 0.335 e. The van der Waals surface area contributed by atoms with E-state index >= 15 is 0 Å². The number of oxime groups is 1. The second-order valence-corrected chi connectivity index (χ2v) is 13.1. The molecular formula is C31H38N2O4. The number of likely N-dealkylation sites (tertiary alicyclic amines) is 1. The summed E-state index contributed by atoms with van der Waals surface area (Å²) in [7, 11) is 0. The number of aliphatic carboxylic acids is 1. The molecule has 1 atom stereocenters. The summed E-state index contributed by atoms with van der Waals surface area (Å²) >= 11 is 0. The third-order valence-electron chi connectivity index (χ3n) is 9.57. The summed E-state index contributed by atoms with van der Waals surface area (Å²) in [5.74, 6) is 1.19. The molecule has 1 unspecified atom stereocenters. The molecule has 0 radical (unpaired) electrons. The molecule has 196 valence electrons. The molecule has 0 aromatic heterocycles. The van der Waals surface area contributed by atoms with Crippen molar-refractivity contribution in [2.75, 3.05) is 13.1 Å². The molecule has 2 spiro atoms. The number of hydrogen-bond acceptors (Lipinski definition) is 5. The molecule has 3 fully saturated rings. The third kappa shape index (κ3) is 4.31. The first kappa shape index (κ1) is 23.5. The predicted molar refractivity (Wildman–Crippen MR) is 142 cm³/mol. The summed E-state index contributed by atoms with van der Waals surface area (Å²) in [5.41, 5.74) is 5.94. The van der Waals surface area contributed by atoms with Gasteiger partial charge in [-0.1, -0.05) is 35.5 Å². The fourth-order valence-corrected chi connectivity index (χ4v) is 7.25. The maximum absolute atomic E-state index is 11.2. The zero-order valence-electron chi connectivity index (χ0n) is 22.1. The van der Waals surface area contributed by atoms with Crippen molar-refractivity contribution < 1.29 is 19.5 Å². The lowest BCUT2D eigenvalue weighted by Crippen LogP contribution is -2.44. The molecule has 0 bridgehead atoms. The molecule has 37 heavy (non-hydrogen) atoms. The molecule has 0 amide bonds. The molecular weight excluding hydrogens is 464 g/mol. The number of hydrogen-bond donors (Lipinski definition) is 1. The Morgan fingerprint density at radius 3 is 2.59 bits per heavy atom. The summed E-state index contributed by atoms with van der Waals surface area (Å²) in [6, 6.07) is 4.94. The molecule has 1 N–H and O–H groups in total. The summed E-state index contributed by atoms with van der Waals surface area (Å²) < 4.78 is 6.63. The van der Waals surface area contributed by atoms with Gasteiger partial charge in [0.15, 0.2) is 0 Å². The van der Waals surface area contributed by atoms with Crippen molar-refractivity contribution in [1.29, 1.82) is 0 Å². The number of fused-ring (bicyclic) bond motifs is 2. The van der Waals surface area contributed by atoms with Crippen LogP contribution >= 0.6 is 0 Å². The first-order chi connectivity index (χ1) is 17.7. The monoisotopic (exact) mass is 502 g/mol. The van der Waals surface area contributed by atoms with Crippen molar-refractivity contribution in [2.24, 2.45) is 11.1 Å².